The Kier molecular flexibility index (Phi) is 5.92. The number of aromatic nitrogens is 4. The predicted molar refractivity (Wildman–Crippen MR) is 80.5 cm³/mol. The number of imidazole rings is 1. The molecule has 21 heavy (non-hydrogen) atoms. The normalized spacial score (nSPS) is 10.6. The summed E-state index contributed by atoms with van der Waals surface area (Å²) < 4.78 is 7.35. The van der Waals surface area contributed by atoms with Gasteiger partial charge in [-0.15, -0.1) is 0 Å². The van der Waals surface area contributed by atoms with E-state index >= 15 is 0 Å². The first-order chi connectivity index (χ1) is 10.3. The summed E-state index contributed by atoms with van der Waals surface area (Å²) in [5.74, 6) is 7.32. The Hall–Kier alpha value is -2.19. The summed E-state index contributed by atoms with van der Waals surface area (Å²) in [6, 6.07) is 1.77. The standard InChI is InChI=1S/C13H21N7O/c1-2-21-9-13-17-11(8-12(18-13)19-14)16-4-3-6-20-7-5-15-10-20/h5,7-8,10H,2-4,6,9,14H2,1H3,(H2,16,17,18,19). The van der Waals surface area contributed by atoms with Gasteiger partial charge in [0.25, 0.3) is 0 Å². The fourth-order valence-corrected chi connectivity index (χ4v) is 1.82. The van der Waals surface area contributed by atoms with Crippen LogP contribution in [0.2, 0.25) is 0 Å². The highest BCUT2D eigenvalue weighted by Crippen LogP contribution is 2.11. The second-order valence-corrected chi connectivity index (χ2v) is 4.42. The lowest BCUT2D eigenvalue weighted by Gasteiger charge is -2.10. The number of nitrogens with zero attached hydrogens (tertiary/aromatic N) is 4. The quantitative estimate of drug-likeness (QED) is 0.360. The Morgan fingerprint density at radius 3 is 2.90 bits per heavy atom. The average Bonchev–Trinajstić information content (AvgIpc) is 3.02. The van der Waals surface area contributed by atoms with Crippen LogP contribution in [-0.2, 0) is 17.9 Å². The molecule has 2 aromatic heterocycles. The zero-order valence-corrected chi connectivity index (χ0v) is 12.1. The Balaban J connectivity index is 1.85. The van der Waals surface area contributed by atoms with Gasteiger partial charge in [0, 0.05) is 38.2 Å². The molecule has 0 unspecified atom stereocenters. The van der Waals surface area contributed by atoms with Crippen molar-refractivity contribution in [2.24, 2.45) is 5.84 Å². The number of ether oxygens (including phenoxy) is 1. The summed E-state index contributed by atoms with van der Waals surface area (Å²) >= 11 is 0. The summed E-state index contributed by atoms with van der Waals surface area (Å²) in [6.45, 7) is 4.63. The van der Waals surface area contributed by atoms with Crippen LogP contribution in [0.1, 0.15) is 19.2 Å². The van der Waals surface area contributed by atoms with Gasteiger partial charge < -0.3 is 20.0 Å². The molecule has 2 heterocycles. The van der Waals surface area contributed by atoms with E-state index in [1.807, 2.05) is 17.7 Å². The highest BCUT2D eigenvalue weighted by molar-refractivity contribution is 5.46. The van der Waals surface area contributed by atoms with Crippen LogP contribution in [0.25, 0.3) is 0 Å². The highest BCUT2D eigenvalue weighted by atomic mass is 16.5. The lowest BCUT2D eigenvalue weighted by Crippen LogP contribution is -2.13. The second-order valence-electron chi connectivity index (χ2n) is 4.42. The molecular formula is C13H21N7O. The molecule has 0 spiro atoms. The van der Waals surface area contributed by atoms with E-state index in [2.05, 4.69) is 25.7 Å². The molecule has 0 aromatic carbocycles. The van der Waals surface area contributed by atoms with Crippen molar-refractivity contribution in [1.82, 2.24) is 19.5 Å². The minimum absolute atomic E-state index is 0.371. The summed E-state index contributed by atoms with van der Waals surface area (Å²) in [6.07, 6.45) is 6.49. The Morgan fingerprint density at radius 1 is 1.33 bits per heavy atom. The third-order valence-corrected chi connectivity index (χ3v) is 2.81. The first-order valence-corrected chi connectivity index (χ1v) is 6.93. The number of rotatable bonds is 9. The molecule has 0 aliphatic rings. The monoisotopic (exact) mass is 291 g/mol. The maximum Gasteiger partial charge on any atom is 0.158 e. The molecule has 0 saturated heterocycles. The van der Waals surface area contributed by atoms with Gasteiger partial charge in [-0.25, -0.2) is 20.8 Å². The molecule has 0 fully saturated rings. The second kappa shape index (κ2) is 8.18. The van der Waals surface area contributed by atoms with Crippen molar-refractivity contribution in [3.05, 3.63) is 30.6 Å². The van der Waals surface area contributed by atoms with Crippen molar-refractivity contribution in [2.45, 2.75) is 26.5 Å². The van der Waals surface area contributed by atoms with E-state index in [9.17, 15) is 0 Å². The van der Waals surface area contributed by atoms with Gasteiger partial charge in [0.15, 0.2) is 5.82 Å². The zero-order chi connectivity index (χ0) is 14.9. The zero-order valence-electron chi connectivity index (χ0n) is 12.1. The Labute approximate surface area is 123 Å². The SMILES string of the molecule is CCOCc1nc(NN)cc(NCCCn2ccnc2)n1. The smallest absolute Gasteiger partial charge is 0.158 e. The average molecular weight is 291 g/mol. The summed E-state index contributed by atoms with van der Waals surface area (Å²) in [7, 11) is 0. The third-order valence-electron chi connectivity index (χ3n) is 2.81. The Morgan fingerprint density at radius 2 is 2.19 bits per heavy atom. The third kappa shape index (κ3) is 5.01. The van der Waals surface area contributed by atoms with Crippen molar-refractivity contribution in [3.8, 4) is 0 Å². The molecule has 8 heteroatoms. The van der Waals surface area contributed by atoms with E-state index in [4.69, 9.17) is 10.6 Å². The molecule has 0 aliphatic heterocycles. The van der Waals surface area contributed by atoms with Crippen LogP contribution in [-0.4, -0.2) is 32.7 Å². The van der Waals surface area contributed by atoms with Gasteiger partial charge >= 0.3 is 0 Å². The van der Waals surface area contributed by atoms with Crippen molar-refractivity contribution < 1.29 is 4.74 Å². The molecule has 2 rings (SSSR count). The van der Waals surface area contributed by atoms with Crippen LogP contribution >= 0.6 is 0 Å². The van der Waals surface area contributed by atoms with Crippen molar-refractivity contribution in [2.75, 3.05) is 23.9 Å². The first kappa shape index (κ1) is 15.2. The van der Waals surface area contributed by atoms with E-state index in [0.29, 0.717) is 24.9 Å². The minimum atomic E-state index is 0.371. The maximum atomic E-state index is 5.42. The van der Waals surface area contributed by atoms with E-state index in [1.54, 1.807) is 18.6 Å². The minimum Gasteiger partial charge on any atom is -0.374 e. The molecule has 0 radical (unpaired) electrons. The molecule has 0 saturated carbocycles. The summed E-state index contributed by atoms with van der Waals surface area (Å²) in [5, 5.41) is 3.26. The van der Waals surface area contributed by atoms with E-state index < -0.39 is 0 Å². The van der Waals surface area contributed by atoms with E-state index in [-0.39, 0.29) is 0 Å². The molecule has 0 bridgehead atoms. The molecule has 4 N–H and O–H groups in total. The first-order valence-electron chi connectivity index (χ1n) is 6.93. The van der Waals surface area contributed by atoms with Crippen molar-refractivity contribution in [3.63, 3.8) is 0 Å². The van der Waals surface area contributed by atoms with Crippen molar-refractivity contribution >= 4 is 11.6 Å². The number of hydrogen-bond donors (Lipinski definition) is 3. The number of nitrogens with one attached hydrogen (secondary N) is 2. The molecular weight excluding hydrogens is 270 g/mol. The summed E-state index contributed by atoms with van der Waals surface area (Å²) in [5.41, 5.74) is 2.54. The lowest BCUT2D eigenvalue weighted by atomic mass is 10.4. The number of hydrazine groups is 1. The molecule has 2 aromatic rings. The Bertz CT molecular complexity index is 529. The van der Waals surface area contributed by atoms with Crippen LogP contribution < -0.4 is 16.6 Å². The van der Waals surface area contributed by atoms with Crippen molar-refractivity contribution in [1.29, 1.82) is 0 Å². The predicted octanol–water partition coefficient (Wildman–Crippen LogP) is 0.997. The van der Waals surface area contributed by atoms with Gasteiger partial charge in [-0.1, -0.05) is 0 Å². The van der Waals surface area contributed by atoms with E-state index in [1.165, 1.54) is 0 Å². The van der Waals surface area contributed by atoms with Crippen LogP contribution in [0.4, 0.5) is 11.6 Å². The fraction of sp³-hybridized carbons (Fsp3) is 0.462. The van der Waals surface area contributed by atoms with E-state index in [0.717, 1.165) is 25.3 Å². The number of nitrogens with two attached hydrogens (primary N) is 1. The molecule has 0 atom stereocenters. The van der Waals surface area contributed by atoms with Gasteiger partial charge in [-0.05, 0) is 13.3 Å². The van der Waals surface area contributed by atoms with Crippen LogP contribution in [0, 0.1) is 0 Å². The topological polar surface area (TPSA) is 103 Å². The highest BCUT2D eigenvalue weighted by Gasteiger charge is 2.04. The lowest BCUT2D eigenvalue weighted by molar-refractivity contribution is 0.128. The number of aryl methyl sites for hydroxylation is 1. The number of hydrogen-bond acceptors (Lipinski definition) is 7. The number of nitrogen functional groups attached to an aromatic ring is 1. The van der Waals surface area contributed by atoms with Gasteiger partial charge in [0.1, 0.15) is 18.2 Å². The molecule has 0 aliphatic carbocycles. The number of anilines is 2. The van der Waals surface area contributed by atoms with Crippen LogP contribution in [0.15, 0.2) is 24.8 Å². The van der Waals surface area contributed by atoms with Gasteiger partial charge in [-0.2, -0.15) is 0 Å². The summed E-state index contributed by atoms with van der Waals surface area (Å²) in [4.78, 5) is 12.6. The largest absolute Gasteiger partial charge is 0.374 e. The van der Waals surface area contributed by atoms with Gasteiger partial charge in [0.05, 0.1) is 6.33 Å². The molecule has 8 nitrogen and oxygen atoms in total. The maximum absolute atomic E-state index is 5.42. The van der Waals surface area contributed by atoms with Crippen LogP contribution in [0.3, 0.4) is 0 Å². The van der Waals surface area contributed by atoms with Crippen LogP contribution in [0.5, 0.6) is 0 Å². The fourth-order valence-electron chi connectivity index (χ4n) is 1.82. The molecule has 114 valence electrons. The van der Waals surface area contributed by atoms with Gasteiger partial charge in [-0.3, -0.25) is 0 Å². The molecule has 0 amide bonds. The van der Waals surface area contributed by atoms with Gasteiger partial charge in [0.2, 0.25) is 0 Å².